The highest BCUT2D eigenvalue weighted by Crippen LogP contribution is 2.32. The van der Waals surface area contributed by atoms with E-state index in [0.717, 1.165) is 17.7 Å². The zero-order valence-electron chi connectivity index (χ0n) is 18.4. The molecule has 3 aromatic rings. The van der Waals surface area contributed by atoms with Crippen LogP contribution in [0.3, 0.4) is 0 Å². The highest BCUT2D eigenvalue weighted by atomic mass is 19.4. The molecule has 1 aliphatic heterocycles. The van der Waals surface area contributed by atoms with E-state index in [1.807, 2.05) is 0 Å². The standard InChI is InChI=1S/C22H20F3N5O5/c1-30(21(32)27-15-4-2-3-14(10-15)22(23,24)25)8-7-18-28-20(35-29-18)19(31)26-11-13-5-6-16-17(9-13)34-12-33-16/h2-6,9-10H,7-8,11-12H2,1H3,(H,26,31)(H,27,32). The minimum atomic E-state index is -4.51. The normalized spacial score (nSPS) is 12.3. The van der Waals surface area contributed by atoms with Gasteiger partial charge in [0.1, 0.15) is 0 Å². The Labute approximate surface area is 197 Å². The predicted octanol–water partition coefficient (Wildman–Crippen LogP) is 3.45. The summed E-state index contributed by atoms with van der Waals surface area (Å²) in [6.07, 6.45) is -4.36. The predicted molar refractivity (Wildman–Crippen MR) is 115 cm³/mol. The second-order valence-electron chi connectivity index (χ2n) is 7.57. The lowest BCUT2D eigenvalue weighted by molar-refractivity contribution is -0.137. The number of nitrogens with zero attached hydrogens (tertiary/aromatic N) is 3. The van der Waals surface area contributed by atoms with Gasteiger partial charge in [0.15, 0.2) is 17.3 Å². The van der Waals surface area contributed by atoms with E-state index in [1.165, 1.54) is 24.1 Å². The number of alkyl halides is 3. The largest absolute Gasteiger partial charge is 0.454 e. The lowest BCUT2D eigenvalue weighted by atomic mass is 10.2. The number of nitrogens with one attached hydrogen (secondary N) is 2. The van der Waals surface area contributed by atoms with Crippen molar-refractivity contribution < 1.29 is 36.8 Å². The van der Waals surface area contributed by atoms with Gasteiger partial charge in [-0.15, -0.1) is 0 Å². The minimum Gasteiger partial charge on any atom is -0.454 e. The van der Waals surface area contributed by atoms with E-state index in [-0.39, 0.29) is 43.7 Å². The molecule has 13 heteroatoms. The van der Waals surface area contributed by atoms with Crippen LogP contribution < -0.4 is 20.1 Å². The summed E-state index contributed by atoms with van der Waals surface area (Å²) < 4.78 is 54.0. The van der Waals surface area contributed by atoms with Crippen molar-refractivity contribution in [3.63, 3.8) is 0 Å². The SMILES string of the molecule is CN(CCc1noc(C(=O)NCc2ccc3c(c2)OCO3)n1)C(=O)Nc1cccc(C(F)(F)F)c1. The van der Waals surface area contributed by atoms with Crippen molar-refractivity contribution in [3.8, 4) is 11.5 Å². The Balaban J connectivity index is 1.25. The van der Waals surface area contributed by atoms with E-state index in [2.05, 4.69) is 20.8 Å². The Kier molecular flexibility index (Phi) is 6.75. The Hall–Kier alpha value is -4.29. The number of ether oxygens (including phenoxy) is 2. The van der Waals surface area contributed by atoms with Gasteiger partial charge in [-0.25, -0.2) is 4.79 Å². The number of hydrogen-bond donors (Lipinski definition) is 2. The van der Waals surface area contributed by atoms with Gasteiger partial charge in [-0.1, -0.05) is 17.3 Å². The van der Waals surface area contributed by atoms with E-state index in [9.17, 15) is 22.8 Å². The summed E-state index contributed by atoms with van der Waals surface area (Å²) >= 11 is 0. The maximum atomic E-state index is 12.8. The number of carbonyl (C=O) groups excluding carboxylic acids is 2. The number of likely N-dealkylation sites (N-methyl/N-ethyl adjacent to an activating group) is 1. The van der Waals surface area contributed by atoms with Gasteiger partial charge in [0.25, 0.3) is 0 Å². The summed E-state index contributed by atoms with van der Waals surface area (Å²) in [7, 11) is 1.46. The van der Waals surface area contributed by atoms with E-state index in [1.54, 1.807) is 18.2 Å². The quantitative estimate of drug-likeness (QED) is 0.520. The lowest BCUT2D eigenvalue weighted by Crippen LogP contribution is -2.33. The average Bonchev–Trinajstić information content (AvgIpc) is 3.50. The fourth-order valence-electron chi connectivity index (χ4n) is 3.12. The number of hydrogen-bond acceptors (Lipinski definition) is 7. The first kappa shape index (κ1) is 23.9. The van der Waals surface area contributed by atoms with Gasteiger partial charge in [-0.05, 0) is 35.9 Å². The third-order valence-electron chi connectivity index (χ3n) is 5.01. The fourth-order valence-corrected chi connectivity index (χ4v) is 3.12. The number of carbonyl (C=O) groups is 2. The van der Waals surface area contributed by atoms with Gasteiger partial charge in [-0.2, -0.15) is 18.2 Å². The summed E-state index contributed by atoms with van der Waals surface area (Å²) in [6, 6.07) is 8.99. The zero-order chi connectivity index (χ0) is 25.0. The van der Waals surface area contributed by atoms with Crippen molar-refractivity contribution in [1.29, 1.82) is 0 Å². The highest BCUT2D eigenvalue weighted by Gasteiger charge is 2.30. The molecule has 184 valence electrons. The summed E-state index contributed by atoms with van der Waals surface area (Å²) in [6.45, 7) is 0.478. The number of anilines is 1. The van der Waals surface area contributed by atoms with Crippen molar-refractivity contribution in [2.24, 2.45) is 0 Å². The molecule has 4 rings (SSSR count). The molecule has 0 bridgehead atoms. The molecule has 0 radical (unpaired) electrons. The second kappa shape index (κ2) is 9.91. The molecule has 3 amide bonds. The molecule has 0 fully saturated rings. The molecular formula is C22H20F3N5O5. The molecule has 1 aliphatic rings. The van der Waals surface area contributed by atoms with Gasteiger partial charge in [0.05, 0.1) is 5.56 Å². The zero-order valence-corrected chi connectivity index (χ0v) is 18.4. The van der Waals surface area contributed by atoms with Crippen LogP contribution in [-0.4, -0.2) is 47.4 Å². The third-order valence-corrected chi connectivity index (χ3v) is 5.01. The first-order valence-corrected chi connectivity index (χ1v) is 10.4. The smallest absolute Gasteiger partial charge is 0.416 e. The van der Waals surface area contributed by atoms with Crippen LogP contribution in [0.2, 0.25) is 0 Å². The topological polar surface area (TPSA) is 119 Å². The Morgan fingerprint density at radius 3 is 2.71 bits per heavy atom. The monoisotopic (exact) mass is 491 g/mol. The van der Waals surface area contributed by atoms with Crippen LogP contribution in [0.4, 0.5) is 23.7 Å². The van der Waals surface area contributed by atoms with Crippen LogP contribution in [0.5, 0.6) is 11.5 Å². The number of benzene rings is 2. The second-order valence-corrected chi connectivity index (χ2v) is 7.57. The van der Waals surface area contributed by atoms with Gasteiger partial charge >= 0.3 is 24.0 Å². The van der Waals surface area contributed by atoms with Crippen LogP contribution in [0.25, 0.3) is 0 Å². The van der Waals surface area contributed by atoms with Crippen molar-refractivity contribution in [2.75, 3.05) is 25.7 Å². The molecule has 2 N–H and O–H groups in total. The fraction of sp³-hybridized carbons (Fsp3) is 0.273. The van der Waals surface area contributed by atoms with E-state index in [4.69, 9.17) is 14.0 Å². The number of urea groups is 1. The maximum absolute atomic E-state index is 12.8. The number of fused-ring (bicyclic) bond motifs is 1. The molecule has 2 aromatic carbocycles. The number of aromatic nitrogens is 2. The molecule has 0 atom stereocenters. The lowest BCUT2D eigenvalue weighted by Gasteiger charge is -2.17. The van der Waals surface area contributed by atoms with Crippen molar-refractivity contribution in [3.05, 3.63) is 65.3 Å². The van der Waals surface area contributed by atoms with Crippen LogP contribution in [-0.2, 0) is 19.1 Å². The van der Waals surface area contributed by atoms with Crippen LogP contribution in [0.1, 0.15) is 27.6 Å². The van der Waals surface area contributed by atoms with E-state index < -0.39 is 23.7 Å². The number of halogens is 3. The third kappa shape index (κ3) is 5.99. The molecule has 1 aromatic heterocycles. The first-order valence-electron chi connectivity index (χ1n) is 10.4. The highest BCUT2D eigenvalue weighted by molar-refractivity contribution is 5.89. The van der Waals surface area contributed by atoms with Crippen molar-refractivity contribution >= 4 is 17.6 Å². The summed E-state index contributed by atoms with van der Waals surface area (Å²) in [5, 5.41) is 8.79. The van der Waals surface area contributed by atoms with E-state index >= 15 is 0 Å². The first-order chi connectivity index (χ1) is 16.7. The summed E-state index contributed by atoms with van der Waals surface area (Å²) in [4.78, 5) is 29.8. The van der Waals surface area contributed by atoms with Gasteiger partial charge in [0, 0.05) is 32.2 Å². The molecule has 0 saturated heterocycles. The number of rotatable bonds is 7. The van der Waals surface area contributed by atoms with Gasteiger partial charge in [-0.3, -0.25) is 4.79 Å². The van der Waals surface area contributed by atoms with Crippen LogP contribution in [0.15, 0.2) is 47.0 Å². The summed E-state index contributed by atoms with van der Waals surface area (Å²) in [5.41, 5.74) is -0.0671. The van der Waals surface area contributed by atoms with E-state index in [0.29, 0.717) is 11.5 Å². The Morgan fingerprint density at radius 2 is 1.91 bits per heavy atom. The Bertz CT molecular complexity index is 1230. The van der Waals surface area contributed by atoms with Crippen LogP contribution in [0, 0.1) is 0 Å². The molecule has 10 nitrogen and oxygen atoms in total. The molecule has 0 aliphatic carbocycles. The molecule has 0 unspecified atom stereocenters. The summed E-state index contributed by atoms with van der Waals surface area (Å²) in [5.74, 6) is 0.610. The van der Waals surface area contributed by atoms with Gasteiger partial charge in [0.2, 0.25) is 6.79 Å². The molecule has 2 heterocycles. The number of amides is 3. The molecule has 35 heavy (non-hydrogen) atoms. The molecule has 0 spiro atoms. The average molecular weight is 491 g/mol. The maximum Gasteiger partial charge on any atom is 0.416 e. The van der Waals surface area contributed by atoms with Crippen molar-refractivity contribution in [2.45, 2.75) is 19.1 Å². The molecule has 0 saturated carbocycles. The molecular weight excluding hydrogens is 471 g/mol. The minimum absolute atomic E-state index is 0.0117. The van der Waals surface area contributed by atoms with Crippen LogP contribution >= 0.6 is 0 Å². The Morgan fingerprint density at radius 1 is 1.11 bits per heavy atom. The van der Waals surface area contributed by atoms with Crippen molar-refractivity contribution in [1.82, 2.24) is 20.4 Å². The van der Waals surface area contributed by atoms with Gasteiger partial charge < -0.3 is 29.5 Å².